The molecule has 1 aliphatic heterocycles. The standard InChI is InChI=1S/C15H19NO4/c17-14(18)10-16-9-5-4-8-13(15(16)19)20-11-12-6-2-1-3-7-12/h1-3,6-7,13H,4-5,8-11H2,(H,17,18)/t13-/m1/s1. The van der Waals surface area contributed by atoms with Gasteiger partial charge in [0.1, 0.15) is 12.6 Å². The van der Waals surface area contributed by atoms with E-state index >= 15 is 0 Å². The third kappa shape index (κ3) is 4.06. The van der Waals surface area contributed by atoms with Gasteiger partial charge in [0.25, 0.3) is 5.91 Å². The number of carbonyl (C=O) groups is 2. The van der Waals surface area contributed by atoms with Crippen molar-refractivity contribution in [3.8, 4) is 0 Å². The van der Waals surface area contributed by atoms with Crippen LogP contribution in [0.2, 0.25) is 0 Å². The van der Waals surface area contributed by atoms with E-state index in [0.29, 0.717) is 19.6 Å². The fourth-order valence-corrected chi connectivity index (χ4v) is 2.32. The first-order valence-electron chi connectivity index (χ1n) is 6.83. The zero-order valence-electron chi connectivity index (χ0n) is 11.3. The molecule has 1 N–H and O–H groups in total. The number of rotatable bonds is 5. The molecule has 1 amide bonds. The maximum absolute atomic E-state index is 12.2. The van der Waals surface area contributed by atoms with E-state index in [2.05, 4.69) is 0 Å². The van der Waals surface area contributed by atoms with Crippen LogP contribution in [0.15, 0.2) is 30.3 Å². The molecule has 5 heteroatoms. The topological polar surface area (TPSA) is 66.8 Å². The van der Waals surface area contributed by atoms with Gasteiger partial charge < -0.3 is 14.7 Å². The Kier molecular flexibility index (Phi) is 5.12. The van der Waals surface area contributed by atoms with Gasteiger partial charge in [0.15, 0.2) is 0 Å². The molecule has 0 bridgehead atoms. The van der Waals surface area contributed by atoms with Gasteiger partial charge in [-0.15, -0.1) is 0 Å². The summed E-state index contributed by atoms with van der Waals surface area (Å²) >= 11 is 0. The second kappa shape index (κ2) is 7.05. The molecule has 0 aromatic heterocycles. The van der Waals surface area contributed by atoms with Crippen molar-refractivity contribution in [3.05, 3.63) is 35.9 Å². The highest BCUT2D eigenvalue weighted by molar-refractivity contribution is 5.84. The lowest BCUT2D eigenvalue weighted by Gasteiger charge is -2.22. The number of likely N-dealkylation sites (tertiary alicyclic amines) is 1. The van der Waals surface area contributed by atoms with Gasteiger partial charge in [0.05, 0.1) is 6.61 Å². The number of carboxylic acid groups (broad SMARTS) is 1. The van der Waals surface area contributed by atoms with Gasteiger partial charge in [-0.25, -0.2) is 0 Å². The summed E-state index contributed by atoms with van der Waals surface area (Å²) in [6.45, 7) is 0.624. The summed E-state index contributed by atoms with van der Waals surface area (Å²) in [7, 11) is 0. The molecule has 20 heavy (non-hydrogen) atoms. The molecule has 1 saturated heterocycles. The van der Waals surface area contributed by atoms with Gasteiger partial charge >= 0.3 is 5.97 Å². The van der Waals surface area contributed by atoms with Crippen LogP contribution in [0, 0.1) is 0 Å². The van der Waals surface area contributed by atoms with Crippen molar-refractivity contribution < 1.29 is 19.4 Å². The molecule has 108 valence electrons. The van der Waals surface area contributed by atoms with Crippen LogP contribution in [0.1, 0.15) is 24.8 Å². The second-order valence-corrected chi connectivity index (χ2v) is 4.93. The van der Waals surface area contributed by atoms with E-state index in [9.17, 15) is 9.59 Å². The van der Waals surface area contributed by atoms with Gasteiger partial charge in [-0.3, -0.25) is 9.59 Å². The lowest BCUT2D eigenvalue weighted by Crippen LogP contribution is -2.41. The predicted octanol–water partition coefficient (Wildman–Crippen LogP) is 1.67. The Balaban J connectivity index is 1.95. The van der Waals surface area contributed by atoms with E-state index in [0.717, 1.165) is 18.4 Å². The quantitative estimate of drug-likeness (QED) is 0.889. The largest absolute Gasteiger partial charge is 0.480 e. The lowest BCUT2D eigenvalue weighted by atomic mass is 10.2. The Bertz CT molecular complexity index is 460. The molecule has 1 atom stereocenters. The molecular weight excluding hydrogens is 258 g/mol. The van der Waals surface area contributed by atoms with E-state index in [1.54, 1.807) is 0 Å². The predicted molar refractivity (Wildman–Crippen MR) is 73.1 cm³/mol. The van der Waals surface area contributed by atoms with Crippen LogP contribution in [-0.4, -0.2) is 41.1 Å². The highest BCUT2D eigenvalue weighted by atomic mass is 16.5. The number of carbonyl (C=O) groups excluding carboxylic acids is 1. The second-order valence-electron chi connectivity index (χ2n) is 4.93. The first-order chi connectivity index (χ1) is 9.66. The number of ether oxygens (including phenoxy) is 1. The van der Waals surface area contributed by atoms with Gasteiger partial charge in [-0.2, -0.15) is 0 Å². The van der Waals surface area contributed by atoms with Crippen molar-refractivity contribution in [2.75, 3.05) is 13.1 Å². The molecule has 1 aliphatic rings. The molecule has 1 aromatic rings. The third-order valence-electron chi connectivity index (χ3n) is 3.35. The van der Waals surface area contributed by atoms with E-state index in [4.69, 9.17) is 9.84 Å². The van der Waals surface area contributed by atoms with Crippen LogP contribution in [-0.2, 0) is 20.9 Å². The Morgan fingerprint density at radius 1 is 1.30 bits per heavy atom. The molecule has 1 aromatic carbocycles. The lowest BCUT2D eigenvalue weighted by molar-refractivity contribution is -0.150. The van der Waals surface area contributed by atoms with Crippen molar-refractivity contribution in [1.82, 2.24) is 4.90 Å². The van der Waals surface area contributed by atoms with Crippen molar-refractivity contribution in [1.29, 1.82) is 0 Å². The van der Waals surface area contributed by atoms with Gasteiger partial charge in [0.2, 0.25) is 0 Å². The molecule has 0 spiro atoms. The first-order valence-corrected chi connectivity index (χ1v) is 6.83. The fourth-order valence-electron chi connectivity index (χ4n) is 2.32. The molecule has 0 unspecified atom stereocenters. The Morgan fingerprint density at radius 2 is 2.05 bits per heavy atom. The number of amides is 1. The van der Waals surface area contributed by atoms with E-state index in [1.165, 1.54) is 4.90 Å². The summed E-state index contributed by atoms with van der Waals surface area (Å²) in [5.74, 6) is -1.19. The van der Waals surface area contributed by atoms with E-state index in [1.807, 2.05) is 30.3 Å². The molecule has 1 fully saturated rings. The minimum atomic E-state index is -0.984. The van der Waals surface area contributed by atoms with Crippen molar-refractivity contribution in [2.24, 2.45) is 0 Å². The SMILES string of the molecule is O=C(O)CN1CCCC[C@@H](OCc2ccccc2)C1=O. The third-order valence-corrected chi connectivity index (χ3v) is 3.35. The number of hydrogen-bond donors (Lipinski definition) is 1. The van der Waals surface area contributed by atoms with Crippen molar-refractivity contribution in [2.45, 2.75) is 32.0 Å². The van der Waals surface area contributed by atoms with Crippen LogP contribution in [0.5, 0.6) is 0 Å². The van der Waals surface area contributed by atoms with Gasteiger partial charge in [-0.1, -0.05) is 30.3 Å². The zero-order valence-corrected chi connectivity index (χ0v) is 11.3. The van der Waals surface area contributed by atoms with Crippen LogP contribution in [0.4, 0.5) is 0 Å². The highest BCUT2D eigenvalue weighted by Gasteiger charge is 2.28. The fraction of sp³-hybridized carbons (Fsp3) is 0.467. The minimum absolute atomic E-state index is 0.208. The molecule has 0 aliphatic carbocycles. The number of nitrogens with zero attached hydrogens (tertiary/aromatic N) is 1. The minimum Gasteiger partial charge on any atom is -0.480 e. The summed E-state index contributed by atoms with van der Waals surface area (Å²) in [5, 5.41) is 8.83. The van der Waals surface area contributed by atoms with Crippen LogP contribution < -0.4 is 0 Å². The molecule has 5 nitrogen and oxygen atoms in total. The maximum atomic E-state index is 12.2. The highest BCUT2D eigenvalue weighted by Crippen LogP contribution is 2.16. The normalized spacial score (nSPS) is 19.7. The monoisotopic (exact) mass is 277 g/mol. The van der Waals surface area contributed by atoms with Gasteiger partial charge in [0, 0.05) is 6.54 Å². The number of carboxylic acids is 1. The average Bonchev–Trinajstić information content (AvgIpc) is 2.61. The van der Waals surface area contributed by atoms with Crippen LogP contribution >= 0.6 is 0 Å². The van der Waals surface area contributed by atoms with E-state index in [-0.39, 0.29) is 12.5 Å². The summed E-state index contributed by atoms with van der Waals surface area (Å²) in [6, 6.07) is 9.65. The summed E-state index contributed by atoms with van der Waals surface area (Å²) < 4.78 is 5.69. The number of aliphatic carboxylic acids is 1. The molecular formula is C15H19NO4. The van der Waals surface area contributed by atoms with Crippen molar-refractivity contribution >= 4 is 11.9 Å². The number of benzene rings is 1. The molecule has 0 saturated carbocycles. The Hall–Kier alpha value is -1.88. The van der Waals surface area contributed by atoms with Crippen molar-refractivity contribution in [3.63, 3.8) is 0 Å². The van der Waals surface area contributed by atoms with Crippen LogP contribution in [0.25, 0.3) is 0 Å². The van der Waals surface area contributed by atoms with Gasteiger partial charge in [-0.05, 0) is 24.8 Å². The Labute approximate surface area is 118 Å². The summed E-state index contributed by atoms with van der Waals surface area (Å²) in [6.07, 6.45) is 1.82. The molecule has 1 heterocycles. The Morgan fingerprint density at radius 3 is 2.75 bits per heavy atom. The zero-order chi connectivity index (χ0) is 14.4. The first kappa shape index (κ1) is 14.5. The average molecular weight is 277 g/mol. The maximum Gasteiger partial charge on any atom is 0.323 e. The molecule has 2 rings (SSSR count). The smallest absolute Gasteiger partial charge is 0.323 e. The van der Waals surface area contributed by atoms with E-state index < -0.39 is 12.1 Å². The van der Waals surface area contributed by atoms with Crippen LogP contribution in [0.3, 0.4) is 0 Å². The number of hydrogen-bond acceptors (Lipinski definition) is 3. The summed E-state index contributed by atoms with van der Waals surface area (Å²) in [5.41, 5.74) is 1.01. The summed E-state index contributed by atoms with van der Waals surface area (Å²) in [4.78, 5) is 24.4. The molecule has 0 radical (unpaired) electrons.